The van der Waals surface area contributed by atoms with Crippen LogP contribution in [0.5, 0.6) is 0 Å². The van der Waals surface area contributed by atoms with Crippen molar-refractivity contribution in [2.45, 2.75) is 18.6 Å². The van der Waals surface area contributed by atoms with Gasteiger partial charge < -0.3 is 5.73 Å². The molecule has 1 aromatic rings. The van der Waals surface area contributed by atoms with Crippen molar-refractivity contribution in [3.63, 3.8) is 0 Å². The van der Waals surface area contributed by atoms with E-state index in [9.17, 15) is 17.6 Å². The van der Waals surface area contributed by atoms with Crippen LogP contribution in [0, 0.1) is 5.82 Å². The minimum atomic E-state index is -4.35. The quantitative estimate of drug-likeness (QED) is 0.819. The van der Waals surface area contributed by atoms with Gasteiger partial charge in [0, 0.05) is 10.5 Å². The van der Waals surface area contributed by atoms with Crippen LogP contribution in [-0.4, -0.2) is 6.18 Å². The molecule has 0 heterocycles. The molecule has 92 valence electrons. The molecule has 0 saturated carbocycles. The Morgan fingerprint density at radius 2 is 1.81 bits per heavy atom. The van der Waals surface area contributed by atoms with Gasteiger partial charge in [-0.2, -0.15) is 13.2 Å². The molecule has 16 heavy (non-hydrogen) atoms. The highest BCUT2D eigenvalue weighted by Crippen LogP contribution is 2.29. The van der Waals surface area contributed by atoms with Crippen LogP contribution in [0.15, 0.2) is 22.7 Å². The molecule has 2 N–H and O–H groups in total. The average Bonchev–Trinajstić information content (AvgIpc) is 1.98. The Balaban J connectivity index is 0.00000225. The summed E-state index contributed by atoms with van der Waals surface area (Å²) in [6.07, 6.45) is -5.51. The van der Waals surface area contributed by atoms with E-state index < -0.39 is 24.5 Å². The van der Waals surface area contributed by atoms with Crippen molar-refractivity contribution in [3.05, 3.63) is 34.1 Å². The number of nitrogens with two attached hydrogens (primary N) is 1. The smallest absolute Gasteiger partial charge is 0.324 e. The first-order valence-corrected chi connectivity index (χ1v) is 4.85. The molecule has 0 aliphatic rings. The van der Waals surface area contributed by atoms with Gasteiger partial charge in [-0.25, -0.2) is 4.39 Å². The monoisotopic (exact) mass is 321 g/mol. The van der Waals surface area contributed by atoms with Crippen LogP contribution < -0.4 is 5.73 Å². The Hall–Kier alpha value is -0.330. The first kappa shape index (κ1) is 15.7. The zero-order valence-electron chi connectivity index (χ0n) is 7.89. The summed E-state index contributed by atoms with van der Waals surface area (Å²) in [5.41, 5.74) is 5.44. The summed E-state index contributed by atoms with van der Waals surface area (Å²) in [5, 5.41) is 0. The second-order valence-corrected chi connectivity index (χ2v) is 4.04. The summed E-state index contributed by atoms with van der Waals surface area (Å²) in [6.45, 7) is 0. The fraction of sp³-hybridized carbons (Fsp3) is 0.333. The Kier molecular flexibility index (Phi) is 5.72. The molecule has 0 spiro atoms. The highest BCUT2D eigenvalue weighted by Gasteiger charge is 2.31. The molecule has 0 unspecified atom stereocenters. The van der Waals surface area contributed by atoms with Crippen LogP contribution in [0.2, 0.25) is 0 Å². The fourth-order valence-electron chi connectivity index (χ4n) is 1.16. The second kappa shape index (κ2) is 5.84. The Morgan fingerprint density at radius 3 is 2.25 bits per heavy atom. The normalized spacial score (nSPS) is 13.1. The second-order valence-electron chi connectivity index (χ2n) is 3.13. The Morgan fingerprint density at radius 1 is 1.25 bits per heavy atom. The fourth-order valence-corrected chi connectivity index (χ4v) is 1.64. The summed E-state index contributed by atoms with van der Waals surface area (Å²) >= 11 is 2.98. The molecule has 0 aliphatic heterocycles. The maximum atomic E-state index is 12.9. The van der Waals surface area contributed by atoms with Gasteiger partial charge in [-0.05, 0) is 23.8 Å². The standard InChI is InChI=1S/C9H8BrF4N.ClH/c10-6-1-5(2-7(11)3-6)8(15)4-9(12,13)14;/h1-3,8H,4,15H2;1H/t8-;/m0./s1. The molecular weight excluding hydrogens is 313 g/mol. The van der Waals surface area contributed by atoms with Crippen molar-refractivity contribution in [1.82, 2.24) is 0 Å². The molecule has 0 radical (unpaired) electrons. The summed E-state index contributed by atoms with van der Waals surface area (Å²) < 4.78 is 49.2. The molecule has 1 atom stereocenters. The van der Waals surface area contributed by atoms with Crippen molar-refractivity contribution in [3.8, 4) is 0 Å². The van der Waals surface area contributed by atoms with E-state index in [1.807, 2.05) is 0 Å². The number of benzene rings is 1. The van der Waals surface area contributed by atoms with Crippen molar-refractivity contribution in [2.75, 3.05) is 0 Å². The number of alkyl halides is 3. The molecule has 1 nitrogen and oxygen atoms in total. The van der Waals surface area contributed by atoms with Crippen molar-refractivity contribution in [1.29, 1.82) is 0 Å². The predicted octanol–water partition coefficient (Wildman–Crippen LogP) is 3.96. The van der Waals surface area contributed by atoms with E-state index >= 15 is 0 Å². The summed E-state index contributed by atoms with van der Waals surface area (Å²) in [7, 11) is 0. The van der Waals surface area contributed by atoms with Gasteiger partial charge in [0.15, 0.2) is 0 Å². The third kappa shape index (κ3) is 5.14. The highest BCUT2D eigenvalue weighted by molar-refractivity contribution is 9.10. The molecule has 0 amide bonds. The third-order valence-electron chi connectivity index (χ3n) is 1.76. The largest absolute Gasteiger partial charge is 0.390 e. The Labute approximate surface area is 105 Å². The topological polar surface area (TPSA) is 26.0 Å². The summed E-state index contributed by atoms with van der Waals surface area (Å²) in [4.78, 5) is 0. The number of hydrogen-bond donors (Lipinski definition) is 1. The number of hydrogen-bond acceptors (Lipinski definition) is 1. The number of rotatable bonds is 2. The van der Waals surface area contributed by atoms with E-state index in [0.717, 1.165) is 12.1 Å². The molecule has 0 aliphatic carbocycles. The third-order valence-corrected chi connectivity index (χ3v) is 2.22. The molecule has 0 bridgehead atoms. The van der Waals surface area contributed by atoms with Crippen LogP contribution in [0.4, 0.5) is 17.6 Å². The zero-order chi connectivity index (χ0) is 11.6. The lowest BCUT2D eigenvalue weighted by molar-refractivity contribution is -0.138. The van der Waals surface area contributed by atoms with Gasteiger partial charge >= 0.3 is 6.18 Å². The van der Waals surface area contributed by atoms with E-state index in [1.54, 1.807) is 0 Å². The zero-order valence-corrected chi connectivity index (χ0v) is 10.3. The van der Waals surface area contributed by atoms with Gasteiger partial charge in [0.2, 0.25) is 0 Å². The minimum Gasteiger partial charge on any atom is -0.324 e. The summed E-state index contributed by atoms with van der Waals surface area (Å²) in [5.74, 6) is -0.614. The van der Waals surface area contributed by atoms with E-state index in [0.29, 0.717) is 4.47 Å². The Bertz CT molecular complexity index is 336. The molecule has 7 heteroatoms. The molecule has 0 saturated heterocycles. The van der Waals surface area contributed by atoms with Crippen LogP contribution in [0.25, 0.3) is 0 Å². The molecular formula is C9H9BrClF4N. The predicted molar refractivity (Wildman–Crippen MR) is 58.9 cm³/mol. The van der Waals surface area contributed by atoms with Gasteiger partial charge in [-0.3, -0.25) is 0 Å². The average molecular weight is 323 g/mol. The van der Waals surface area contributed by atoms with Gasteiger partial charge in [-0.1, -0.05) is 15.9 Å². The van der Waals surface area contributed by atoms with Gasteiger partial charge in [0.1, 0.15) is 5.82 Å². The summed E-state index contributed by atoms with van der Waals surface area (Å²) in [6, 6.07) is 2.29. The van der Waals surface area contributed by atoms with E-state index in [2.05, 4.69) is 15.9 Å². The van der Waals surface area contributed by atoms with Crippen LogP contribution in [0.1, 0.15) is 18.0 Å². The number of halogens is 6. The van der Waals surface area contributed by atoms with Crippen molar-refractivity contribution < 1.29 is 17.6 Å². The van der Waals surface area contributed by atoms with Gasteiger partial charge in [0.05, 0.1) is 6.42 Å². The lowest BCUT2D eigenvalue weighted by Crippen LogP contribution is -2.20. The van der Waals surface area contributed by atoms with Gasteiger partial charge in [0.25, 0.3) is 0 Å². The van der Waals surface area contributed by atoms with Crippen LogP contribution >= 0.6 is 28.3 Å². The van der Waals surface area contributed by atoms with Crippen molar-refractivity contribution in [2.24, 2.45) is 5.73 Å². The first-order valence-electron chi connectivity index (χ1n) is 4.06. The van der Waals surface area contributed by atoms with Crippen molar-refractivity contribution >= 4 is 28.3 Å². The maximum Gasteiger partial charge on any atom is 0.390 e. The maximum absolute atomic E-state index is 12.9. The van der Waals surface area contributed by atoms with E-state index in [4.69, 9.17) is 5.73 Å². The molecule has 0 aromatic heterocycles. The SMILES string of the molecule is Cl.N[C@@H](CC(F)(F)F)c1cc(F)cc(Br)c1. The molecule has 1 aromatic carbocycles. The first-order chi connectivity index (χ1) is 6.78. The van der Waals surface area contributed by atoms with Crippen LogP contribution in [0.3, 0.4) is 0 Å². The van der Waals surface area contributed by atoms with Crippen LogP contribution in [-0.2, 0) is 0 Å². The molecule has 1 rings (SSSR count). The molecule has 0 fully saturated rings. The van der Waals surface area contributed by atoms with E-state index in [1.165, 1.54) is 6.07 Å². The lowest BCUT2D eigenvalue weighted by atomic mass is 10.0. The van der Waals surface area contributed by atoms with E-state index in [-0.39, 0.29) is 18.0 Å². The van der Waals surface area contributed by atoms with Gasteiger partial charge in [-0.15, -0.1) is 12.4 Å². The highest BCUT2D eigenvalue weighted by atomic mass is 79.9. The lowest BCUT2D eigenvalue weighted by Gasteiger charge is -2.14. The minimum absolute atomic E-state index is 0.